The van der Waals surface area contributed by atoms with Gasteiger partial charge in [-0.25, -0.2) is 9.32 Å². The summed E-state index contributed by atoms with van der Waals surface area (Å²) >= 11 is 0. The molecular weight excluding hydrogens is 278 g/mol. The molecule has 0 spiro atoms. The van der Waals surface area contributed by atoms with E-state index in [1.807, 2.05) is 39.0 Å². The number of rotatable bonds is 4. The Morgan fingerprint density at radius 2 is 1.52 bits per heavy atom. The summed E-state index contributed by atoms with van der Waals surface area (Å²) in [5, 5.41) is 0. The largest absolute Gasteiger partial charge is 0.641 e. The zero-order valence-corrected chi connectivity index (χ0v) is 13.6. The van der Waals surface area contributed by atoms with E-state index in [1.165, 1.54) is 0 Å². The monoisotopic (exact) mass is 294 g/mol. The van der Waals surface area contributed by atoms with Crippen molar-refractivity contribution in [1.82, 2.24) is 0 Å². The molecule has 0 aliphatic heterocycles. The molecule has 0 saturated heterocycles. The van der Waals surface area contributed by atoms with Crippen molar-refractivity contribution in [1.29, 1.82) is 0 Å². The maximum absolute atomic E-state index is 12.3. The minimum atomic E-state index is -2.43. The predicted octanol–water partition coefficient (Wildman–Crippen LogP) is 4.19. The number of carbonyl (C=O) groups excluding carboxylic acids is 1. The topological polar surface area (TPSA) is 43.4 Å². The molecule has 103 valence electrons. The van der Waals surface area contributed by atoms with Crippen LogP contribution in [0.3, 0.4) is 0 Å². The van der Waals surface area contributed by atoms with Crippen LogP contribution in [-0.4, -0.2) is 24.4 Å². The van der Waals surface area contributed by atoms with Gasteiger partial charge in [0, 0.05) is 18.9 Å². The number of hydrogen-bond acceptors (Lipinski definition) is 3. The fourth-order valence-electron chi connectivity index (χ4n) is 2.23. The fraction of sp³-hybridized carbons (Fsp3) is 0.188. The van der Waals surface area contributed by atoms with E-state index in [-0.39, 0.29) is 18.9 Å². The van der Waals surface area contributed by atoms with Gasteiger partial charge in [0.2, 0.25) is 0 Å². The van der Waals surface area contributed by atoms with Crippen LogP contribution in [-0.2, 0) is 4.57 Å². The number of benzene rings is 2. The SMILES string of the molecule is Cc1cc(C)c(C(=O)[P+](=O)Oc2ccccc2)c(C)c1.[Li]. The molecule has 0 aliphatic carbocycles. The third kappa shape index (κ3) is 4.29. The van der Waals surface area contributed by atoms with Crippen molar-refractivity contribution in [2.45, 2.75) is 20.8 Å². The first-order valence-electron chi connectivity index (χ1n) is 6.31. The van der Waals surface area contributed by atoms with Crippen LogP contribution in [0.25, 0.3) is 0 Å². The van der Waals surface area contributed by atoms with Gasteiger partial charge in [-0.1, -0.05) is 35.9 Å². The Morgan fingerprint density at radius 1 is 1.00 bits per heavy atom. The van der Waals surface area contributed by atoms with Gasteiger partial charge in [0.15, 0.2) is 5.75 Å². The van der Waals surface area contributed by atoms with Gasteiger partial charge in [0.1, 0.15) is 0 Å². The van der Waals surface area contributed by atoms with Crippen LogP contribution in [0.5, 0.6) is 5.75 Å². The van der Waals surface area contributed by atoms with Gasteiger partial charge < -0.3 is 0 Å². The zero-order chi connectivity index (χ0) is 14.7. The molecule has 2 aromatic carbocycles. The Bertz CT molecular complexity index is 645. The minimum absolute atomic E-state index is 0. The summed E-state index contributed by atoms with van der Waals surface area (Å²) in [5.41, 5.74) is 2.77. The van der Waals surface area contributed by atoms with Crippen molar-refractivity contribution in [2.75, 3.05) is 0 Å². The standard InChI is InChI=1S/C16H16O3P.Li/c1-11-9-12(2)15(13(3)10-11)16(17)20(18)19-14-7-5-4-6-8-14;/h4-10H,1-3H3;/q+1;. The van der Waals surface area contributed by atoms with E-state index in [2.05, 4.69) is 0 Å². The third-order valence-corrected chi connectivity index (χ3v) is 3.92. The van der Waals surface area contributed by atoms with Gasteiger partial charge in [-0.2, -0.15) is 0 Å². The summed E-state index contributed by atoms with van der Waals surface area (Å²) in [6.45, 7) is 5.66. The summed E-state index contributed by atoms with van der Waals surface area (Å²) in [7, 11) is -2.43. The van der Waals surface area contributed by atoms with E-state index in [0.29, 0.717) is 11.3 Å². The van der Waals surface area contributed by atoms with Crippen LogP contribution in [0, 0.1) is 20.8 Å². The Kier molecular flexibility index (Phi) is 6.36. The summed E-state index contributed by atoms with van der Waals surface area (Å²) in [4.78, 5) is 12.3. The normalized spacial score (nSPS) is 10.5. The molecule has 0 amide bonds. The molecule has 3 nitrogen and oxygen atoms in total. The van der Waals surface area contributed by atoms with Crippen molar-refractivity contribution >= 4 is 32.4 Å². The zero-order valence-electron chi connectivity index (χ0n) is 12.7. The van der Waals surface area contributed by atoms with Crippen molar-refractivity contribution in [3.8, 4) is 5.75 Å². The molecule has 1 atom stereocenters. The first-order valence-corrected chi connectivity index (χ1v) is 7.49. The van der Waals surface area contributed by atoms with Crippen LogP contribution < -0.4 is 4.52 Å². The molecule has 1 unspecified atom stereocenters. The summed E-state index contributed by atoms with van der Waals surface area (Å²) in [6, 6.07) is 12.5. The average molecular weight is 294 g/mol. The molecule has 0 fully saturated rings. The quantitative estimate of drug-likeness (QED) is 0.627. The van der Waals surface area contributed by atoms with Gasteiger partial charge in [0.05, 0.1) is 5.56 Å². The summed E-state index contributed by atoms with van der Waals surface area (Å²) in [6.07, 6.45) is 0. The van der Waals surface area contributed by atoms with Gasteiger partial charge in [-0.3, -0.25) is 0 Å². The molecule has 2 aromatic rings. The second-order valence-corrected chi connectivity index (χ2v) is 5.84. The second kappa shape index (κ2) is 7.57. The first kappa shape index (κ1) is 17.7. The predicted molar refractivity (Wildman–Crippen MR) is 85.4 cm³/mol. The molecule has 0 N–H and O–H groups in total. The molecule has 0 aromatic heterocycles. The maximum atomic E-state index is 12.3. The molecule has 21 heavy (non-hydrogen) atoms. The molecule has 2 rings (SSSR count). The second-order valence-electron chi connectivity index (χ2n) is 4.74. The van der Waals surface area contributed by atoms with Crippen molar-refractivity contribution in [3.63, 3.8) is 0 Å². The molecule has 5 heteroatoms. The number of hydrogen-bond donors (Lipinski definition) is 0. The van der Waals surface area contributed by atoms with Gasteiger partial charge >= 0.3 is 13.6 Å². The molecule has 0 saturated carbocycles. The molecule has 0 heterocycles. The average Bonchev–Trinajstić information content (AvgIpc) is 2.38. The Labute approximate surface area is 137 Å². The van der Waals surface area contributed by atoms with E-state index in [0.717, 1.165) is 16.7 Å². The number of aryl methyl sites for hydroxylation is 3. The van der Waals surface area contributed by atoms with Crippen molar-refractivity contribution < 1.29 is 13.9 Å². The number of carbonyl (C=O) groups is 1. The van der Waals surface area contributed by atoms with E-state index in [9.17, 15) is 9.36 Å². The molecular formula is C16H16LiO3P+. The Morgan fingerprint density at radius 3 is 2.05 bits per heavy atom. The van der Waals surface area contributed by atoms with Gasteiger partial charge in [-0.05, 0) is 48.6 Å². The molecule has 0 aliphatic rings. The first-order chi connectivity index (χ1) is 9.49. The van der Waals surface area contributed by atoms with E-state index < -0.39 is 13.6 Å². The van der Waals surface area contributed by atoms with E-state index in [1.54, 1.807) is 24.3 Å². The fourth-order valence-corrected chi connectivity index (χ4v) is 3.16. The van der Waals surface area contributed by atoms with Crippen LogP contribution in [0.4, 0.5) is 0 Å². The van der Waals surface area contributed by atoms with E-state index in [4.69, 9.17) is 4.52 Å². The Hall–Kier alpha value is -1.39. The Balaban J connectivity index is 0.00000220. The summed E-state index contributed by atoms with van der Waals surface area (Å²) in [5.74, 6) is 0.435. The maximum Gasteiger partial charge on any atom is 0.641 e. The van der Waals surface area contributed by atoms with Gasteiger partial charge in [-0.15, -0.1) is 0 Å². The number of para-hydroxylation sites is 1. The summed E-state index contributed by atoms with van der Waals surface area (Å²) < 4.78 is 17.3. The molecule has 0 bridgehead atoms. The van der Waals surface area contributed by atoms with Crippen molar-refractivity contribution in [3.05, 3.63) is 64.7 Å². The van der Waals surface area contributed by atoms with Crippen LogP contribution in [0.1, 0.15) is 27.0 Å². The smallest absolute Gasteiger partial charge is 0.248 e. The van der Waals surface area contributed by atoms with Crippen LogP contribution >= 0.6 is 8.03 Å². The van der Waals surface area contributed by atoms with Crippen LogP contribution in [0.15, 0.2) is 42.5 Å². The van der Waals surface area contributed by atoms with Gasteiger partial charge in [0.25, 0.3) is 0 Å². The molecule has 1 radical (unpaired) electrons. The van der Waals surface area contributed by atoms with Crippen molar-refractivity contribution in [2.24, 2.45) is 0 Å². The third-order valence-electron chi connectivity index (χ3n) is 2.99. The minimum Gasteiger partial charge on any atom is -0.248 e. The van der Waals surface area contributed by atoms with E-state index >= 15 is 0 Å². The van der Waals surface area contributed by atoms with Crippen LogP contribution in [0.2, 0.25) is 0 Å².